The average Bonchev–Trinajstić information content (AvgIpc) is 2.98. The van der Waals surface area contributed by atoms with E-state index < -0.39 is 0 Å². The highest BCUT2D eigenvalue weighted by atomic mass is 79.9. The lowest BCUT2D eigenvalue weighted by molar-refractivity contribution is -0.133. The van der Waals surface area contributed by atoms with Gasteiger partial charge in [-0.1, -0.05) is 28.1 Å². The quantitative estimate of drug-likeness (QED) is 0.470. The molecular formula is C17H11BrFNO2S. The molecule has 0 unspecified atom stereocenters. The minimum atomic E-state index is -0.386. The molecule has 3 rings (SSSR count). The first-order valence-corrected chi connectivity index (χ1v) is 8.44. The third-order valence-corrected chi connectivity index (χ3v) is 4.46. The minimum absolute atomic E-state index is 0.0713. The maximum atomic E-state index is 13.2. The highest BCUT2D eigenvalue weighted by Crippen LogP contribution is 2.24. The van der Waals surface area contributed by atoms with Gasteiger partial charge in [-0.25, -0.2) is 9.37 Å². The first-order valence-electron chi connectivity index (χ1n) is 6.77. The topological polar surface area (TPSA) is 39.2 Å². The van der Waals surface area contributed by atoms with Gasteiger partial charge >= 0.3 is 5.97 Å². The van der Waals surface area contributed by atoms with Crippen molar-refractivity contribution in [3.05, 3.63) is 69.9 Å². The van der Waals surface area contributed by atoms with Crippen molar-refractivity contribution in [1.82, 2.24) is 4.98 Å². The summed E-state index contributed by atoms with van der Waals surface area (Å²) in [6.07, 6.45) is 0.0713. The molecule has 0 saturated heterocycles. The van der Waals surface area contributed by atoms with E-state index in [1.54, 1.807) is 41.8 Å². The number of aromatic nitrogens is 1. The van der Waals surface area contributed by atoms with Crippen LogP contribution in [0.1, 0.15) is 5.69 Å². The van der Waals surface area contributed by atoms with Crippen molar-refractivity contribution in [2.45, 2.75) is 6.42 Å². The van der Waals surface area contributed by atoms with Crippen molar-refractivity contribution in [1.29, 1.82) is 0 Å². The second-order valence-electron chi connectivity index (χ2n) is 4.76. The average molecular weight is 392 g/mol. The molecule has 23 heavy (non-hydrogen) atoms. The van der Waals surface area contributed by atoms with Gasteiger partial charge in [-0.3, -0.25) is 4.79 Å². The van der Waals surface area contributed by atoms with Gasteiger partial charge in [0.25, 0.3) is 0 Å². The number of ether oxygens (including phenoxy) is 1. The van der Waals surface area contributed by atoms with E-state index in [1.807, 2.05) is 0 Å². The largest absolute Gasteiger partial charge is 0.426 e. The number of benzene rings is 2. The van der Waals surface area contributed by atoms with Crippen LogP contribution in [0.4, 0.5) is 4.39 Å². The molecule has 1 aromatic heterocycles. The van der Waals surface area contributed by atoms with Crippen molar-refractivity contribution < 1.29 is 13.9 Å². The number of thiazole rings is 1. The number of nitrogens with zero attached hydrogens (tertiary/aromatic N) is 1. The first-order chi connectivity index (χ1) is 11.1. The Morgan fingerprint density at radius 1 is 1.22 bits per heavy atom. The number of rotatable bonds is 4. The molecule has 3 nitrogen and oxygen atoms in total. The monoisotopic (exact) mass is 391 g/mol. The second kappa shape index (κ2) is 7.02. The predicted octanol–water partition coefficient (Wildman–Crippen LogP) is 4.86. The molecule has 3 aromatic rings. The Hall–Kier alpha value is -2.05. The molecule has 2 aromatic carbocycles. The SMILES string of the molecule is O=C(Cc1csc(-c2cccc(F)c2)n1)Oc1ccc(Br)cc1. The van der Waals surface area contributed by atoms with Crippen molar-refractivity contribution in [2.75, 3.05) is 0 Å². The fourth-order valence-corrected chi connectivity index (χ4v) is 3.04. The molecule has 116 valence electrons. The smallest absolute Gasteiger partial charge is 0.317 e. The summed E-state index contributed by atoms with van der Waals surface area (Å²) in [5.74, 6) is -0.212. The van der Waals surface area contributed by atoms with Crippen molar-refractivity contribution in [3.8, 4) is 16.3 Å². The molecule has 0 aliphatic heterocycles. The summed E-state index contributed by atoms with van der Waals surface area (Å²) < 4.78 is 19.4. The molecule has 0 amide bonds. The Balaban J connectivity index is 1.66. The lowest BCUT2D eigenvalue weighted by atomic mass is 10.2. The standard InChI is InChI=1S/C17H11BrFNO2S/c18-12-4-6-15(7-5-12)22-16(21)9-14-10-23-17(20-14)11-2-1-3-13(19)8-11/h1-8,10H,9H2. The molecule has 0 bridgehead atoms. The molecule has 0 radical (unpaired) electrons. The van der Waals surface area contributed by atoms with Gasteiger partial charge in [0.1, 0.15) is 16.6 Å². The Kier molecular flexibility index (Phi) is 4.83. The lowest BCUT2D eigenvalue weighted by Crippen LogP contribution is -2.11. The molecular weight excluding hydrogens is 381 g/mol. The van der Waals surface area contributed by atoms with Crippen LogP contribution >= 0.6 is 27.3 Å². The van der Waals surface area contributed by atoms with E-state index in [0.717, 1.165) is 4.47 Å². The van der Waals surface area contributed by atoms with Crippen LogP contribution in [-0.2, 0) is 11.2 Å². The fourth-order valence-electron chi connectivity index (χ4n) is 1.96. The van der Waals surface area contributed by atoms with Gasteiger partial charge in [0, 0.05) is 15.4 Å². The summed E-state index contributed by atoms with van der Waals surface area (Å²) in [7, 11) is 0. The van der Waals surface area contributed by atoms with E-state index >= 15 is 0 Å². The van der Waals surface area contributed by atoms with Crippen LogP contribution in [0, 0.1) is 5.82 Å². The zero-order valence-corrected chi connectivity index (χ0v) is 14.2. The Morgan fingerprint density at radius 3 is 2.74 bits per heavy atom. The summed E-state index contributed by atoms with van der Waals surface area (Å²) in [4.78, 5) is 16.3. The predicted molar refractivity (Wildman–Crippen MR) is 91.0 cm³/mol. The van der Waals surface area contributed by atoms with E-state index in [9.17, 15) is 9.18 Å². The summed E-state index contributed by atoms with van der Waals surface area (Å²) >= 11 is 4.69. The molecule has 1 heterocycles. The lowest BCUT2D eigenvalue weighted by Gasteiger charge is -2.03. The van der Waals surface area contributed by atoms with Crippen LogP contribution in [0.3, 0.4) is 0 Å². The number of hydrogen-bond donors (Lipinski definition) is 0. The molecule has 0 spiro atoms. The molecule has 0 fully saturated rings. The molecule has 0 N–H and O–H groups in total. The summed E-state index contributed by atoms with van der Waals surface area (Å²) in [6, 6.07) is 13.2. The highest BCUT2D eigenvalue weighted by molar-refractivity contribution is 9.10. The zero-order chi connectivity index (χ0) is 16.2. The molecule has 0 aliphatic carbocycles. The van der Waals surface area contributed by atoms with Crippen LogP contribution in [-0.4, -0.2) is 11.0 Å². The summed E-state index contributed by atoms with van der Waals surface area (Å²) in [5.41, 5.74) is 1.30. The minimum Gasteiger partial charge on any atom is -0.426 e. The number of esters is 1. The van der Waals surface area contributed by atoms with Crippen molar-refractivity contribution in [2.24, 2.45) is 0 Å². The normalized spacial score (nSPS) is 10.5. The van der Waals surface area contributed by atoms with Gasteiger partial charge in [-0.15, -0.1) is 11.3 Å². The van der Waals surface area contributed by atoms with Crippen molar-refractivity contribution >= 4 is 33.2 Å². The fraction of sp³-hybridized carbons (Fsp3) is 0.0588. The van der Waals surface area contributed by atoms with E-state index in [4.69, 9.17) is 4.74 Å². The van der Waals surface area contributed by atoms with Crippen LogP contribution in [0.15, 0.2) is 58.4 Å². The number of hydrogen-bond acceptors (Lipinski definition) is 4. The Morgan fingerprint density at radius 2 is 2.00 bits per heavy atom. The Bertz CT molecular complexity index is 833. The van der Waals surface area contributed by atoms with E-state index in [2.05, 4.69) is 20.9 Å². The number of carbonyl (C=O) groups excluding carboxylic acids is 1. The van der Waals surface area contributed by atoms with Gasteiger partial charge in [-0.2, -0.15) is 0 Å². The third-order valence-electron chi connectivity index (χ3n) is 2.99. The van der Waals surface area contributed by atoms with E-state index in [1.165, 1.54) is 23.5 Å². The highest BCUT2D eigenvalue weighted by Gasteiger charge is 2.11. The van der Waals surface area contributed by atoms with Gasteiger partial charge in [0.05, 0.1) is 12.1 Å². The second-order valence-corrected chi connectivity index (χ2v) is 6.53. The maximum absolute atomic E-state index is 13.2. The van der Waals surface area contributed by atoms with Gasteiger partial charge in [-0.05, 0) is 36.4 Å². The zero-order valence-electron chi connectivity index (χ0n) is 11.8. The Labute approximate surface area is 144 Å². The van der Waals surface area contributed by atoms with Crippen LogP contribution in [0.2, 0.25) is 0 Å². The summed E-state index contributed by atoms with van der Waals surface area (Å²) in [6.45, 7) is 0. The van der Waals surface area contributed by atoms with Crippen LogP contribution < -0.4 is 4.74 Å². The third kappa shape index (κ3) is 4.24. The summed E-state index contributed by atoms with van der Waals surface area (Å²) in [5, 5.41) is 2.46. The van der Waals surface area contributed by atoms with Crippen molar-refractivity contribution in [3.63, 3.8) is 0 Å². The molecule has 0 saturated carbocycles. The van der Waals surface area contributed by atoms with E-state index in [0.29, 0.717) is 22.0 Å². The van der Waals surface area contributed by atoms with Gasteiger partial charge < -0.3 is 4.74 Å². The number of halogens is 2. The van der Waals surface area contributed by atoms with E-state index in [-0.39, 0.29) is 18.2 Å². The number of carbonyl (C=O) groups is 1. The molecule has 0 atom stereocenters. The maximum Gasteiger partial charge on any atom is 0.317 e. The molecule has 6 heteroatoms. The van der Waals surface area contributed by atoms with Crippen LogP contribution in [0.25, 0.3) is 10.6 Å². The molecule has 0 aliphatic rings. The first kappa shape index (κ1) is 15.8. The van der Waals surface area contributed by atoms with Gasteiger partial charge in [0.2, 0.25) is 0 Å². The van der Waals surface area contributed by atoms with Crippen LogP contribution in [0.5, 0.6) is 5.75 Å². The van der Waals surface area contributed by atoms with Gasteiger partial charge in [0.15, 0.2) is 0 Å².